The highest BCUT2D eigenvalue weighted by Crippen LogP contribution is 2.13. The van der Waals surface area contributed by atoms with Gasteiger partial charge in [-0.25, -0.2) is 0 Å². The molecule has 14 heavy (non-hydrogen) atoms. The summed E-state index contributed by atoms with van der Waals surface area (Å²) in [6.45, 7) is 2.87. The molecule has 1 aliphatic rings. The van der Waals surface area contributed by atoms with E-state index in [0.29, 0.717) is 12.3 Å². The predicted molar refractivity (Wildman–Crippen MR) is 54.1 cm³/mol. The fraction of sp³-hybridized carbons (Fsp3) is 1.00. The molecule has 0 bridgehead atoms. The second-order valence-corrected chi connectivity index (χ2v) is 3.86. The highest BCUT2D eigenvalue weighted by molar-refractivity contribution is 4.71. The molecule has 1 fully saturated rings. The van der Waals surface area contributed by atoms with Crippen molar-refractivity contribution >= 4 is 0 Å². The van der Waals surface area contributed by atoms with Crippen LogP contribution >= 0.6 is 0 Å². The van der Waals surface area contributed by atoms with Gasteiger partial charge >= 0.3 is 0 Å². The van der Waals surface area contributed by atoms with Crippen molar-refractivity contribution in [2.45, 2.75) is 25.3 Å². The molecule has 0 aromatic rings. The molecule has 1 atom stereocenters. The third-order valence-corrected chi connectivity index (χ3v) is 2.73. The van der Waals surface area contributed by atoms with Gasteiger partial charge in [0.15, 0.2) is 0 Å². The first kappa shape index (κ1) is 11.9. The molecule has 0 spiro atoms. The lowest BCUT2D eigenvalue weighted by atomic mass is 10.00. The topological polar surface area (TPSA) is 61.7 Å². The first-order chi connectivity index (χ1) is 6.86. The van der Waals surface area contributed by atoms with Crippen LogP contribution < -0.4 is 5.32 Å². The summed E-state index contributed by atoms with van der Waals surface area (Å²) in [4.78, 5) is 0. The van der Waals surface area contributed by atoms with Gasteiger partial charge in [0, 0.05) is 25.9 Å². The number of hydrogen-bond donors (Lipinski definition) is 3. The van der Waals surface area contributed by atoms with Crippen molar-refractivity contribution in [2.75, 3.05) is 33.0 Å². The molecule has 1 unspecified atom stereocenters. The van der Waals surface area contributed by atoms with E-state index >= 15 is 0 Å². The van der Waals surface area contributed by atoms with E-state index in [1.165, 1.54) is 0 Å². The smallest absolute Gasteiger partial charge is 0.0585 e. The minimum atomic E-state index is 0.0443. The number of hydrogen-bond acceptors (Lipinski definition) is 4. The van der Waals surface area contributed by atoms with E-state index in [9.17, 15) is 0 Å². The zero-order chi connectivity index (χ0) is 10.2. The van der Waals surface area contributed by atoms with Crippen molar-refractivity contribution in [3.8, 4) is 0 Å². The third-order valence-electron chi connectivity index (χ3n) is 2.73. The predicted octanol–water partition coefficient (Wildman–Crippen LogP) is -0.254. The largest absolute Gasteiger partial charge is 0.396 e. The highest BCUT2D eigenvalue weighted by atomic mass is 16.5. The van der Waals surface area contributed by atoms with Crippen LogP contribution in [0.5, 0.6) is 0 Å². The van der Waals surface area contributed by atoms with E-state index in [2.05, 4.69) is 5.32 Å². The molecule has 0 saturated carbocycles. The van der Waals surface area contributed by atoms with Crippen LogP contribution in [0.3, 0.4) is 0 Å². The monoisotopic (exact) mass is 203 g/mol. The van der Waals surface area contributed by atoms with E-state index in [0.717, 1.165) is 32.6 Å². The Bertz CT molecular complexity index is 133. The average Bonchev–Trinajstić information content (AvgIpc) is 2.25. The quantitative estimate of drug-likeness (QED) is 0.557. The SMILES string of the molecule is OCCC(CO)NCC1CCOCC1. The molecule has 1 saturated heterocycles. The van der Waals surface area contributed by atoms with Crippen LogP contribution in [0, 0.1) is 5.92 Å². The summed E-state index contributed by atoms with van der Waals surface area (Å²) < 4.78 is 5.26. The van der Waals surface area contributed by atoms with E-state index < -0.39 is 0 Å². The van der Waals surface area contributed by atoms with E-state index in [1.807, 2.05) is 0 Å². The van der Waals surface area contributed by atoms with Gasteiger partial charge in [-0.05, 0) is 31.7 Å². The van der Waals surface area contributed by atoms with Crippen LogP contribution in [0.15, 0.2) is 0 Å². The Morgan fingerprint density at radius 3 is 2.57 bits per heavy atom. The van der Waals surface area contributed by atoms with Crippen LogP contribution in [0.4, 0.5) is 0 Å². The highest BCUT2D eigenvalue weighted by Gasteiger charge is 2.15. The summed E-state index contributed by atoms with van der Waals surface area (Å²) in [7, 11) is 0. The molecule has 0 aromatic heterocycles. The Labute approximate surface area is 85.3 Å². The van der Waals surface area contributed by atoms with Gasteiger partial charge in [0.25, 0.3) is 0 Å². The molecule has 1 rings (SSSR count). The summed E-state index contributed by atoms with van der Waals surface area (Å²) in [5.41, 5.74) is 0. The Morgan fingerprint density at radius 1 is 1.29 bits per heavy atom. The zero-order valence-electron chi connectivity index (χ0n) is 8.61. The normalized spacial score (nSPS) is 21.0. The van der Waals surface area contributed by atoms with Crippen LogP contribution in [-0.4, -0.2) is 49.2 Å². The molecule has 0 radical (unpaired) electrons. The van der Waals surface area contributed by atoms with Gasteiger partial charge in [0.2, 0.25) is 0 Å². The Hall–Kier alpha value is -0.160. The maximum atomic E-state index is 8.99. The second kappa shape index (κ2) is 7.17. The van der Waals surface area contributed by atoms with Crippen molar-refractivity contribution in [3.63, 3.8) is 0 Å². The van der Waals surface area contributed by atoms with Crippen LogP contribution in [-0.2, 0) is 4.74 Å². The van der Waals surface area contributed by atoms with Gasteiger partial charge in [0.1, 0.15) is 0 Å². The molecule has 1 aliphatic heterocycles. The number of nitrogens with one attached hydrogen (secondary N) is 1. The van der Waals surface area contributed by atoms with Gasteiger partial charge in [-0.1, -0.05) is 0 Å². The maximum Gasteiger partial charge on any atom is 0.0585 e. The second-order valence-electron chi connectivity index (χ2n) is 3.86. The number of rotatable bonds is 6. The summed E-state index contributed by atoms with van der Waals surface area (Å²) in [5.74, 6) is 0.663. The molecule has 1 heterocycles. The fourth-order valence-electron chi connectivity index (χ4n) is 1.70. The molecule has 0 amide bonds. The molecular weight excluding hydrogens is 182 g/mol. The lowest BCUT2D eigenvalue weighted by Gasteiger charge is -2.24. The standard InChI is InChI=1S/C10H21NO3/c12-4-1-10(8-13)11-7-9-2-5-14-6-3-9/h9-13H,1-8H2. The maximum absolute atomic E-state index is 8.99. The fourth-order valence-corrected chi connectivity index (χ4v) is 1.70. The summed E-state index contributed by atoms with van der Waals surface area (Å²) in [6.07, 6.45) is 2.83. The van der Waals surface area contributed by atoms with Crippen molar-refractivity contribution in [3.05, 3.63) is 0 Å². The van der Waals surface area contributed by atoms with E-state index in [1.54, 1.807) is 0 Å². The Morgan fingerprint density at radius 2 is 2.00 bits per heavy atom. The molecule has 3 N–H and O–H groups in total. The number of ether oxygens (including phenoxy) is 1. The van der Waals surface area contributed by atoms with Crippen LogP contribution in [0.25, 0.3) is 0 Å². The van der Waals surface area contributed by atoms with Crippen LogP contribution in [0.1, 0.15) is 19.3 Å². The number of aliphatic hydroxyl groups is 2. The van der Waals surface area contributed by atoms with Crippen molar-refractivity contribution in [1.29, 1.82) is 0 Å². The molecule has 4 heteroatoms. The van der Waals surface area contributed by atoms with Crippen molar-refractivity contribution in [1.82, 2.24) is 5.32 Å². The van der Waals surface area contributed by atoms with Gasteiger partial charge in [-0.2, -0.15) is 0 Å². The van der Waals surface area contributed by atoms with Gasteiger partial charge < -0.3 is 20.3 Å². The summed E-state index contributed by atoms with van der Waals surface area (Å²) in [6, 6.07) is 0.0443. The Kier molecular flexibility index (Phi) is 6.10. The Balaban J connectivity index is 2.10. The van der Waals surface area contributed by atoms with Crippen LogP contribution in [0.2, 0.25) is 0 Å². The van der Waals surface area contributed by atoms with E-state index in [4.69, 9.17) is 14.9 Å². The molecule has 84 valence electrons. The van der Waals surface area contributed by atoms with Gasteiger partial charge in [0.05, 0.1) is 6.61 Å². The summed E-state index contributed by atoms with van der Waals surface area (Å²) >= 11 is 0. The lowest BCUT2D eigenvalue weighted by Crippen LogP contribution is -2.38. The van der Waals surface area contributed by atoms with Gasteiger partial charge in [-0.15, -0.1) is 0 Å². The minimum Gasteiger partial charge on any atom is -0.396 e. The van der Waals surface area contributed by atoms with Crippen molar-refractivity contribution < 1.29 is 14.9 Å². The molecule has 0 aromatic carbocycles. The van der Waals surface area contributed by atoms with Gasteiger partial charge in [-0.3, -0.25) is 0 Å². The minimum absolute atomic E-state index is 0.0443. The first-order valence-electron chi connectivity index (χ1n) is 5.39. The van der Waals surface area contributed by atoms with Crippen molar-refractivity contribution in [2.24, 2.45) is 5.92 Å². The lowest BCUT2D eigenvalue weighted by molar-refractivity contribution is 0.0640. The molecule has 0 aliphatic carbocycles. The zero-order valence-corrected chi connectivity index (χ0v) is 8.61. The third kappa shape index (κ3) is 4.37. The average molecular weight is 203 g/mol. The first-order valence-corrected chi connectivity index (χ1v) is 5.39. The van der Waals surface area contributed by atoms with E-state index in [-0.39, 0.29) is 19.3 Å². The number of aliphatic hydroxyl groups excluding tert-OH is 2. The summed E-state index contributed by atoms with van der Waals surface area (Å²) in [5, 5.41) is 21.0. The molecule has 4 nitrogen and oxygen atoms in total. The molecular formula is C10H21NO3.